The van der Waals surface area contributed by atoms with E-state index in [2.05, 4.69) is 0 Å². The predicted molar refractivity (Wildman–Crippen MR) is 153 cm³/mol. The molecule has 236 valence electrons. The van der Waals surface area contributed by atoms with Crippen molar-refractivity contribution in [3.05, 3.63) is 76.6 Å². The van der Waals surface area contributed by atoms with Gasteiger partial charge in [0.15, 0.2) is 23.3 Å². The molecule has 2 aromatic rings. The fourth-order valence-corrected chi connectivity index (χ4v) is 3.00. The van der Waals surface area contributed by atoms with Crippen LogP contribution in [0, 0.1) is 35.0 Å². The van der Waals surface area contributed by atoms with Gasteiger partial charge in [0.05, 0.1) is 18.6 Å². The van der Waals surface area contributed by atoms with Crippen LogP contribution in [0.25, 0.3) is 6.08 Å². The first kappa shape index (κ1) is 38.7. The van der Waals surface area contributed by atoms with Gasteiger partial charge in [-0.15, -0.1) is 0 Å². The van der Waals surface area contributed by atoms with E-state index in [-0.39, 0.29) is 30.6 Å². The van der Waals surface area contributed by atoms with Crippen LogP contribution in [0.1, 0.15) is 90.7 Å². The maximum atomic E-state index is 13.1. The molecule has 0 aliphatic carbocycles. The standard InChI is InChI=1S/C13H16O2.C10H9F5.C9H18O3/c1-3-11(2)15-13(14)10-9-12-7-5-4-6-8-12;1-3-4(2)5-6(11)8(13)10(15)9(14)7(5)12;1-3-8(2)9(11)12-7-5-4-6-10/h4-11H,3H2,1-2H3;4H,3H2,1-2H3;8,10H,3-7H2,1-2H3/b10-9+;;. The van der Waals surface area contributed by atoms with Gasteiger partial charge in [0, 0.05) is 18.2 Å². The molecule has 0 saturated carbocycles. The first-order chi connectivity index (χ1) is 19.9. The maximum absolute atomic E-state index is 13.1. The van der Waals surface area contributed by atoms with E-state index in [0.29, 0.717) is 19.4 Å². The molecule has 3 unspecified atom stereocenters. The molecular weight excluding hydrogens is 559 g/mol. The van der Waals surface area contributed by atoms with Crippen molar-refractivity contribution in [2.45, 2.75) is 85.7 Å². The lowest BCUT2D eigenvalue weighted by Crippen LogP contribution is -2.14. The summed E-state index contributed by atoms with van der Waals surface area (Å²) >= 11 is 0. The molecule has 42 heavy (non-hydrogen) atoms. The van der Waals surface area contributed by atoms with Gasteiger partial charge in [0.1, 0.15) is 0 Å². The number of aliphatic hydroxyl groups excluding tert-OH is 1. The molecule has 0 spiro atoms. The Morgan fingerprint density at radius 1 is 0.810 bits per heavy atom. The van der Waals surface area contributed by atoms with Crippen LogP contribution in [0.3, 0.4) is 0 Å². The van der Waals surface area contributed by atoms with Crippen molar-refractivity contribution >= 4 is 18.0 Å². The van der Waals surface area contributed by atoms with Crippen molar-refractivity contribution in [1.29, 1.82) is 0 Å². The van der Waals surface area contributed by atoms with Crippen LogP contribution in [-0.4, -0.2) is 36.4 Å². The van der Waals surface area contributed by atoms with E-state index in [9.17, 15) is 31.5 Å². The van der Waals surface area contributed by atoms with Crippen molar-refractivity contribution in [1.82, 2.24) is 0 Å². The molecule has 0 fully saturated rings. The summed E-state index contributed by atoms with van der Waals surface area (Å²) in [5, 5.41) is 8.45. The minimum Gasteiger partial charge on any atom is -0.465 e. The second-order valence-electron chi connectivity index (χ2n) is 9.60. The third-order valence-corrected chi connectivity index (χ3v) is 6.26. The number of rotatable bonds is 12. The Kier molecular flexibility index (Phi) is 19.8. The van der Waals surface area contributed by atoms with E-state index >= 15 is 0 Å². The van der Waals surface area contributed by atoms with E-state index in [1.54, 1.807) is 13.0 Å². The minimum atomic E-state index is -2.11. The number of unbranched alkanes of at least 4 members (excludes halogenated alkanes) is 1. The zero-order valence-corrected chi connectivity index (χ0v) is 25.2. The number of hydrogen-bond donors (Lipinski definition) is 1. The van der Waals surface area contributed by atoms with Gasteiger partial charge < -0.3 is 14.6 Å². The number of ether oxygens (including phenoxy) is 2. The number of hydrogen-bond acceptors (Lipinski definition) is 5. The molecule has 2 rings (SSSR count). The molecule has 2 aromatic carbocycles. The molecule has 0 aliphatic heterocycles. The van der Waals surface area contributed by atoms with Gasteiger partial charge in [-0.1, -0.05) is 65.0 Å². The first-order valence-corrected chi connectivity index (χ1v) is 14.1. The smallest absolute Gasteiger partial charge is 0.331 e. The van der Waals surface area contributed by atoms with Crippen molar-refractivity contribution in [2.24, 2.45) is 5.92 Å². The van der Waals surface area contributed by atoms with Gasteiger partial charge in [0.2, 0.25) is 5.82 Å². The number of aliphatic hydroxyl groups is 1. The van der Waals surface area contributed by atoms with E-state index in [4.69, 9.17) is 14.6 Å². The van der Waals surface area contributed by atoms with Crippen LogP contribution < -0.4 is 0 Å². The summed E-state index contributed by atoms with van der Waals surface area (Å²) in [5.41, 5.74) is 0.257. The summed E-state index contributed by atoms with van der Waals surface area (Å²) in [6, 6.07) is 9.67. The summed E-state index contributed by atoms with van der Waals surface area (Å²) in [6.45, 7) is 11.3. The van der Waals surface area contributed by atoms with Gasteiger partial charge in [-0.3, -0.25) is 4.79 Å². The Labute approximate surface area is 245 Å². The van der Waals surface area contributed by atoms with Crippen LogP contribution in [0.4, 0.5) is 22.0 Å². The fourth-order valence-electron chi connectivity index (χ4n) is 3.00. The van der Waals surface area contributed by atoms with E-state index in [0.717, 1.165) is 24.8 Å². The van der Waals surface area contributed by atoms with Crippen LogP contribution in [-0.2, 0) is 19.1 Å². The minimum absolute atomic E-state index is 0.000809. The maximum Gasteiger partial charge on any atom is 0.331 e. The molecule has 1 N–H and O–H groups in total. The quantitative estimate of drug-likeness (QED) is 0.0661. The molecule has 0 aliphatic rings. The molecule has 10 heteroatoms. The number of benzene rings is 2. The third-order valence-electron chi connectivity index (χ3n) is 6.26. The molecule has 0 saturated heterocycles. The Bertz CT molecular complexity index is 1080. The molecule has 0 aromatic heterocycles. The lowest BCUT2D eigenvalue weighted by atomic mass is 9.97. The van der Waals surface area contributed by atoms with Gasteiger partial charge in [-0.25, -0.2) is 26.7 Å². The monoisotopic (exact) mass is 602 g/mol. The average Bonchev–Trinajstić information content (AvgIpc) is 3.00. The third kappa shape index (κ3) is 14.1. The molecule has 3 atom stereocenters. The second-order valence-corrected chi connectivity index (χ2v) is 9.60. The van der Waals surface area contributed by atoms with Crippen molar-refractivity contribution < 1.29 is 46.1 Å². The van der Waals surface area contributed by atoms with Gasteiger partial charge in [-0.05, 0) is 56.6 Å². The summed E-state index contributed by atoms with van der Waals surface area (Å²) in [4.78, 5) is 22.3. The van der Waals surface area contributed by atoms with Gasteiger partial charge in [0.25, 0.3) is 0 Å². The van der Waals surface area contributed by atoms with E-state index in [1.165, 1.54) is 13.0 Å². The summed E-state index contributed by atoms with van der Waals surface area (Å²) in [7, 11) is 0. The Hall–Kier alpha value is -3.27. The summed E-state index contributed by atoms with van der Waals surface area (Å²) in [5.74, 6) is -10.5. The van der Waals surface area contributed by atoms with Gasteiger partial charge in [-0.2, -0.15) is 0 Å². The number of carbonyl (C=O) groups excluding carboxylic acids is 2. The van der Waals surface area contributed by atoms with Crippen LogP contribution in [0.2, 0.25) is 0 Å². The molecule has 0 radical (unpaired) electrons. The lowest BCUT2D eigenvalue weighted by Gasteiger charge is -2.12. The highest BCUT2D eigenvalue weighted by Crippen LogP contribution is 2.30. The summed E-state index contributed by atoms with van der Waals surface area (Å²) in [6.07, 6.45) is 6.60. The molecule has 0 heterocycles. The highest BCUT2D eigenvalue weighted by atomic mass is 19.2. The Morgan fingerprint density at radius 2 is 1.36 bits per heavy atom. The van der Waals surface area contributed by atoms with Crippen molar-refractivity contribution in [2.75, 3.05) is 13.2 Å². The van der Waals surface area contributed by atoms with Gasteiger partial charge >= 0.3 is 11.9 Å². The molecular formula is C32H43F5O5. The van der Waals surface area contributed by atoms with Crippen molar-refractivity contribution in [3.63, 3.8) is 0 Å². The summed E-state index contributed by atoms with van der Waals surface area (Å²) < 4.78 is 74.4. The fraction of sp³-hybridized carbons (Fsp3) is 0.500. The van der Waals surface area contributed by atoms with Crippen LogP contribution >= 0.6 is 0 Å². The second kappa shape index (κ2) is 21.4. The predicted octanol–water partition coefficient (Wildman–Crippen LogP) is 8.29. The number of halogens is 5. The first-order valence-electron chi connectivity index (χ1n) is 14.1. The van der Waals surface area contributed by atoms with Crippen LogP contribution in [0.5, 0.6) is 0 Å². The van der Waals surface area contributed by atoms with E-state index < -0.39 is 40.6 Å². The Balaban J connectivity index is 0.000000606. The number of carbonyl (C=O) groups is 2. The SMILES string of the molecule is CCC(C)C(=O)OCCCCO.CCC(C)OC(=O)/C=C/c1ccccc1.CCC(C)c1c(F)c(F)c(F)c(F)c1F. The number of esters is 2. The topological polar surface area (TPSA) is 72.8 Å². The Morgan fingerprint density at radius 3 is 1.83 bits per heavy atom. The molecule has 5 nitrogen and oxygen atoms in total. The normalized spacial score (nSPS) is 12.8. The van der Waals surface area contributed by atoms with Crippen molar-refractivity contribution in [3.8, 4) is 0 Å². The van der Waals surface area contributed by atoms with Crippen LogP contribution in [0.15, 0.2) is 36.4 Å². The van der Waals surface area contributed by atoms with E-state index in [1.807, 2.05) is 58.0 Å². The molecule has 0 amide bonds. The largest absolute Gasteiger partial charge is 0.465 e. The lowest BCUT2D eigenvalue weighted by molar-refractivity contribution is -0.148. The average molecular weight is 603 g/mol. The molecule has 0 bridgehead atoms. The highest BCUT2D eigenvalue weighted by molar-refractivity contribution is 5.87. The highest BCUT2D eigenvalue weighted by Gasteiger charge is 2.27. The zero-order chi connectivity index (χ0) is 32.2. The zero-order valence-electron chi connectivity index (χ0n) is 25.2.